The van der Waals surface area contributed by atoms with Crippen LogP contribution in [-0.4, -0.2) is 31.0 Å². The highest BCUT2D eigenvalue weighted by molar-refractivity contribution is 9.10. The molecular weight excluding hydrogens is 294 g/mol. The third kappa shape index (κ3) is 4.09. The molecule has 6 heteroatoms. The fraction of sp³-hybridized carbons (Fsp3) is 0.500. The zero-order chi connectivity index (χ0) is 12.2. The Bertz CT molecular complexity index is 445. The van der Waals surface area contributed by atoms with Crippen molar-refractivity contribution in [3.05, 3.63) is 22.9 Å². The molecule has 0 amide bonds. The molecule has 0 saturated heterocycles. The number of hydrogen-bond donors (Lipinski definition) is 0. The molecule has 16 heavy (non-hydrogen) atoms. The number of rotatable bonds is 5. The number of aromatic nitrogens is 1. The first-order valence-corrected chi connectivity index (χ1v) is 7.37. The number of hydrogen-bond acceptors (Lipinski definition) is 4. The lowest BCUT2D eigenvalue weighted by Crippen LogP contribution is -2.22. The van der Waals surface area contributed by atoms with Gasteiger partial charge in [0.2, 0.25) is 0 Å². The minimum Gasteiger partial charge on any atom is -0.491 e. The van der Waals surface area contributed by atoms with Crippen LogP contribution in [0, 0.1) is 0 Å². The molecule has 90 valence electrons. The molecular formula is C10H14BrNO3S. The summed E-state index contributed by atoms with van der Waals surface area (Å²) in [7, 11) is -3.04. The van der Waals surface area contributed by atoms with Gasteiger partial charge in [-0.2, -0.15) is 0 Å². The quantitative estimate of drug-likeness (QED) is 0.835. The standard InChI is InChI=1S/C10H14BrNO3S/c1-8(2)16(13,14)4-3-15-10-5-9(11)6-12-7-10/h5-8H,3-4H2,1-2H3. The molecule has 0 N–H and O–H groups in total. The van der Waals surface area contributed by atoms with E-state index in [0.717, 1.165) is 4.47 Å². The third-order valence-corrected chi connectivity index (χ3v) is 4.64. The molecule has 0 radical (unpaired) electrons. The van der Waals surface area contributed by atoms with Gasteiger partial charge in [-0.1, -0.05) is 0 Å². The average Bonchev–Trinajstić information content (AvgIpc) is 2.17. The van der Waals surface area contributed by atoms with E-state index in [1.807, 2.05) is 0 Å². The Morgan fingerprint density at radius 1 is 1.44 bits per heavy atom. The summed E-state index contributed by atoms with van der Waals surface area (Å²) in [4.78, 5) is 3.91. The monoisotopic (exact) mass is 307 g/mol. The first kappa shape index (κ1) is 13.4. The molecule has 1 heterocycles. The second-order valence-electron chi connectivity index (χ2n) is 3.60. The molecule has 1 aromatic heterocycles. The fourth-order valence-corrected chi connectivity index (χ4v) is 2.11. The normalized spacial score (nSPS) is 11.8. The zero-order valence-electron chi connectivity index (χ0n) is 9.18. The maximum Gasteiger partial charge on any atom is 0.155 e. The van der Waals surface area contributed by atoms with E-state index in [0.29, 0.717) is 5.75 Å². The molecule has 0 bridgehead atoms. The van der Waals surface area contributed by atoms with Crippen LogP contribution < -0.4 is 4.74 Å². The lowest BCUT2D eigenvalue weighted by atomic mass is 10.5. The molecule has 0 fully saturated rings. The van der Waals surface area contributed by atoms with Gasteiger partial charge in [-0.25, -0.2) is 8.42 Å². The van der Waals surface area contributed by atoms with Crippen molar-refractivity contribution in [2.24, 2.45) is 0 Å². The van der Waals surface area contributed by atoms with Crippen LogP contribution in [0.25, 0.3) is 0 Å². The summed E-state index contributed by atoms with van der Waals surface area (Å²) in [6.45, 7) is 3.48. The largest absolute Gasteiger partial charge is 0.491 e. The van der Waals surface area contributed by atoms with Crippen molar-refractivity contribution in [2.75, 3.05) is 12.4 Å². The second kappa shape index (κ2) is 5.63. The Labute approximate surface area is 104 Å². The van der Waals surface area contributed by atoms with Crippen molar-refractivity contribution >= 4 is 25.8 Å². The van der Waals surface area contributed by atoms with E-state index in [4.69, 9.17) is 4.74 Å². The van der Waals surface area contributed by atoms with E-state index < -0.39 is 9.84 Å². The van der Waals surface area contributed by atoms with E-state index in [-0.39, 0.29) is 17.6 Å². The SMILES string of the molecule is CC(C)S(=O)(=O)CCOc1cncc(Br)c1. The number of halogens is 1. The number of nitrogens with zero attached hydrogens (tertiary/aromatic N) is 1. The van der Waals surface area contributed by atoms with Crippen LogP contribution in [-0.2, 0) is 9.84 Å². The molecule has 0 aliphatic rings. The van der Waals surface area contributed by atoms with Gasteiger partial charge in [0.1, 0.15) is 12.4 Å². The van der Waals surface area contributed by atoms with Gasteiger partial charge in [-0.05, 0) is 35.8 Å². The summed E-state index contributed by atoms with van der Waals surface area (Å²) >= 11 is 3.26. The van der Waals surface area contributed by atoms with Gasteiger partial charge in [0, 0.05) is 10.7 Å². The summed E-state index contributed by atoms with van der Waals surface area (Å²) in [6, 6.07) is 1.75. The first-order chi connectivity index (χ1) is 7.42. The fourth-order valence-electron chi connectivity index (χ4n) is 0.983. The zero-order valence-corrected chi connectivity index (χ0v) is 11.6. The molecule has 1 aromatic rings. The highest BCUT2D eigenvalue weighted by Crippen LogP contribution is 2.15. The summed E-state index contributed by atoms with van der Waals surface area (Å²) in [5, 5.41) is -0.364. The minimum atomic E-state index is -3.04. The molecule has 0 aliphatic heterocycles. The smallest absolute Gasteiger partial charge is 0.155 e. The van der Waals surface area contributed by atoms with Crippen molar-refractivity contribution in [2.45, 2.75) is 19.1 Å². The van der Waals surface area contributed by atoms with Crippen molar-refractivity contribution in [3.8, 4) is 5.75 Å². The highest BCUT2D eigenvalue weighted by atomic mass is 79.9. The Balaban J connectivity index is 2.48. The van der Waals surface area contributed by atoms with Gasteiger partial charge < -0.3 is 4.74 Å². The van der Waals surface area contributed by atoms with Crippen LogP contribution in [0.2, 0.25) is 0 Å². The van der Waals surface area contributed by atoms with Gasteiger partial charge in [-0.15, -0.1) is 0 Å². The number of sulfone groups is 1. The maximum atomic E-state index is 11.5. The molecule has 0 aliphatic carbocycles. The van der Waals surface area contributed by atoms with Crippen molar-refractivity contribution in [1.82, 2.24) is 4.98 Å². The minimum absolute atomic E-state index is 0.0250. The molecule has 1 rings (SSSR count). The summed E-state index contributed by atoms with van der Waals surface area (Å²) in [6.07, 6.45) is 3.18. The lowest BCUT2D eigenvalue weighted by Gasteiger charge is -2.09. The molecule has 0 unspecified atom stereocenters. The summed E-state index contributed by atoms with van der Waals surface area (Å²) in [5.74, 6) is 0.588. The number of pyridine rings is 1. The molecule has 0 saturated carbocycles. The first-order valence-electron chi connectivity index (χ1n) is 4.87. The van der Waals surface area contributed by atoms with Crippen LogP contribution in [0.15, 0.2) is 22.9 Å². The second-order valence-corrected chi connectivity index (χ2v) is 7.20. The van der Waals surface area contributed by atoms with Crippen molar-refractivity contribution in [1.29, 1.82) is 0 Å². The Morgan fingerprint density at radius 2 is 2.12 bits per heavy atom. The molecule has 0 spiro atoms. The van der Waals surface area contributed by atoms with Gasteiger partial charge in [-0.3, -0.25) is 4.98 Å². The van der Waals surface area contributed by atoms with Gasteiger partial charge in [0.25, 0.3) is 0 Å². The van der Waals surface area contributed by atoms with E-state index in [1.54, 1.807) is 32.3 Å². The predicted octanol–water partition coefficient (Wildman–Crippen LogP) is 2.05. The highest BCUT2D eigenvalue weighted by Gasteiger charge is 2.15. The maximum absolute atomic E-state index is 11.5. The van der Waals surface area contributed by atoms with Gasteiger partial charge in [0.15, 0.2) is 9.84 Å². The van der Waals surface area contributed by atoms with Crippen LogP contribution >= 0.6 is 15.9 Å². The Kier molecular flexibility index (Phi) is 4.73. The summed E-state index contributed by atoms with van der Waals surface area (Å²) < 4.78 is 29.1. The van der Waals surface area contributed by atoms with Crippen molar-refractivity contribution < 1.29 is 13.2 Å². The van der Waals surface area contributed by atoms with Crippen LogP contribution in [0.4, 0.5) is 0 Å². The predicted molar refractivity (Wildman–Crippen MR) is 66.4 cm³/mol. The summed E-state index contributed by atoms with van der Waals surface area (Å²) in [5.41, 5.74) is 0. The van der Waals surface area contributed by atoms with Crippen LogP contribution in [0.1, 0.15) is 13.8 Å². The number of ether oxygens (including phenoxy) is 1. The van der Waals surface area contributed by atoms with Gasteiger partial charge in [0.05, 0.1) is 17.2 Å². The van der Waals surface area contributed by atoms with E-state index in [1.165, 1.54) is 0 Å². The Hall–Kier alpha value is -0.620. The van der Waals surface area contributed by atoms with E-state index in [2.05, 4.69) is 20.9 Å². The van der Waals surface area contributed by atoms with E-state index in [9.17, 15) is 8.42 Å². The van der Waals surface area contributed by atoms with E-state index >= 15 is 0 Å². The van der Waals surface area contributed by atoms with Crippen molar-refractivity contribution in [3.63, 3.8) is 0 Å². The van der Waals surface area contributed by atoms with Crippen LogP contribution in [0.5, 0.6) is 5.75 Å². The topological polar surface area (TPSA) is 56.3 Å². The molecule has 4 nitrogen and oxygen atoms in total. The average molecular weight is 308 g/mol. The van der Waals surface area contributed by atoms with Crippen LogP contribution in [0.3, 0.4) is 0 Å². The third-order valence-electron chi connectivity index (χ3n) is 2.03. The molecule has 0 atom stereocenters. The Morgan fingerprint density at radius 3 is 2.69 bits per heavy atom. The van der Waals surface area contributed by atoms with Gasteiger partial charge >= 0.3 is 0 Å². The lowest BCUT2D eigenvalue weighted by molar-refractivity contribution is 0.339. The molecule has 0 aromatic carbocycles.